The topological polar surface area (TPSA) is 100 Å². The molecule has 1 aromatic carbocycles. The molecule has 0 radical (unpaired) electrons. The largest absolute Gasteiger partial charge is 0.490 e. The highest BCUT2D eigenvalue weighted by atomic mass is 19.1. The summed E-state index contributed by atoms with van der Waals surface area (Å²) < 4.78 is 32.7. The molecule has 1 fully saturated rings. The zero-order valence-electron chi connectivity index (χ0n) is 16.8. The number of hydrogen-bond acceptors (Lipinski definition) is 7. The van der Waals surface area contributed by atoms with Crippen LogP contribution in [0.1, 0.15) is 31.2 Å². The summed E-state index contributed by atoms with van der Waals surface area (Å²) in [6.07, 6.45) is 3.82. The van der Waals surface area contributed by atoms with Gasteiger partial charge in [-0.25, -0.2) is 18.9 Å². The highest BCUT2D eigenvalue weighted by molar-refractivity contribution is 5.93. The van der Waals surface area contributed by atoms with Gasteiger partial charge in [0.1, 0.15) is 30.4 Å². The average Bonchev–Trinajstić information content (AvgIpc) is 3.19. The van der Waals surface area contributed by atoms with E-state index in [-0.39, 0.29) is 26.0 Å². The summed E-state index contributed by atoms with van der Waals surface area (Å²) >= 11 is 0. The molecule has 5 rings (SSSR count). The van der Waals surface area contributed by atoms with Crippen molar-refractivity contribution in [1.29, 1.82) is 0 Å². The van der Waals surface area contributed by atoms with Gasteiger partial charge in [-0.2, -0.15) is 5.10 Å². The van der Waals surface area contributed by atoms with Gasteiger partial charge in [0.05, 0.1) is 30.1 Å². The van der Waals surface area contributed by atoms with Gasteiger partial charge in [0.25, 0.3) is 0 Å². The summed E-state index contributed by atoms with van der Waals surface area (Å²) in [7, 11) is 0. The number of benzene rings is 1. The lowest BCUT2D eigenvalue weighted by Crippen LogP contribution is -2.33. The lowest BCUT2D eigenvalue weighted by atomic mass is 10.1. The van der Waals surface area contributed by atoms with E-state index in [1.807, 2.05) is 16.8 Å². The summed E-state index contributed by atoms with van der Waals surface area (Å²) in [4.78, 5) is 20.6. The zero-order chi connectivity index (χ0) is 21.2. The number of ether oxygens (including phenoxy) is 3. The third-order valence-electron chi connectivity index (χ3n) is 5.28. The molecule has 2 atom stereocenters. The Morgan fingerprint density at radius 3 is 3.00 bits per heavy atom. The Hall–Kier alpha value is -3.27. The first kappa shape index (κ1) is 19.7. The Morgan fingerprint density at radius 1 is 1.19 bits per heavy atom. The van der Waals surface area contributed by atoms with Gasteiger partial charge in [-0.15, -0.1) is 0 Å². The Balaban J connectivity index is 1.61. The molecule has 1 saturated heterocycles. The first-order valence-corrected chi connectivity index (χ1v) is 10.3. The molecule has 9 nitrogen and oxygen atoms in total. The molecular weight excluding hydrogens is 405 g/mol. The molecule has 0 saturated carbocycles. The van der Waals surface area contributed by atoms with Gasteiger partial charge in [-0.05, 0) is 37.5 Å². The second-order valence-electron chi connectivity index (χ2n) is 7.55. The summed E-state index contributed by atoms with van der Waals surface area (Å²) in [5.74, 6) is 0.502. The third kappa shape index (κ3) is 4.15. The quantitative estimate of drug-likeness (QED) is 0.637. The van der Waals surface area contributed by atoms with Crippen LogP contribution in [0.4, 0.5) is 9.18 Å². The molecule has 3 aromatic rings. The molecule has 10 heteroatoms. The van der Waals surface area contributed by atoms with Crippen molar-refractivity contribution in [3.8, 4) is 17.1 Å². The van der Waals surface area contributed by atoms with Gasteiger partial charge >= 0.3 is 6.09 Å². The molecule has 0 aliphatic carbocycles. The molecule has 4 heterocycles. The fraction of sp³-hybridized carbons (Fsp3) is 0.429. The molecule has 4 bridgehead atoms. The van der Waals surface area contributed by atoms with Gasteiger partial charge in [0.2, 0.25) is 0 Å². The number of rotatable bonds is 1. The fourth-order valence-corrected chi connectivity index (χ4v) is 3.76. The third-order valence-corrected chi connectivity index (χ3v) is 5.28. The van der Waals surface area contributed by atoms with E-state index in [4.69, 9.17) is 19.3 Å². The van der Waals surface area contributed by atoms with Gasteiger partial charge in [0, 0.05) is 12.0 Å². The molecule has 31 heavy (non-hydrogen) atoms. The van der Waals surface area contributed by atoms with E-state index in [1.54, 1.807) is 12.3 Å². The highest BCUT2D eigenvalue weighted by Gasteiger charge is 2.23. The van der Waals surface area contributed by atoms with Crippen molar-refractivity contribution in [2.45, 2.75) is 38.3 Å². The second kappa shape index (κ2) is 8.46. The molecule has 162 valence electrons. The van der Waals surface area contributed by atoms with Crippen molar-refractivity contribution in [1.82, 2.24) is 25.1 Å². The van der Waals surface area contributed by atoms with E-state index in [1.165, 1.54) is 6.20 Å². The fourth-order valence-electron chi connectivity index (χ4n) is 3.76. The number of amides is 1. The lowest BCUT2D eigenvalue weighted by molar-refractivity contribution is -0.0365. The number of aromatic nitrogens is 4. The molecule has 1 N–H and O–H groups in total. The number of nitrogens with zero attached hydrogens (tertiary/aromatic N) is 4. The molecule has 0 spiro atoms. The van der Waals surface area contributed by atoms with Crippen molar-refractivity contribution in [2.24, 2.45) is 0 Å². The van der Waals surface area contributed by atoms with Crippen LogP contribution in [0.5, 0.6) is 5.75 Å². The summed E-state index contributed by atoms with van der Waals surface area (Å²) in [5.41, 5.74) is 2.48. The van der Waals surface area contributed by atoms with Crippen molar-refractivity contribution in [2.75, 3.05) is 19.8 Å². The van der Waals surface area contributed by atoms with Crippen LogP contribution in [0.25, 0.3) is 22.3 Å². The smallest absolute Gasteiger partial charge is 0.407 e. The normalized spacial score (nSPS) is 22.2. The molecule has 2 aromatic heterocycles. The molecular formula is C21H22FN5O4. The number of nitrogens with one attached hydrogen (secondary N) is 1. The minimum atomic E-state index is -1.38. The van der Waals surface area contributed by atoms with Crippen LogP contribution in [0.2, 0.25) is 0 Å². The predicted molar refractivity (Wildman–Crippen MR) is 108 cm³/mol. The summed E-state index contributed by atoms with van der Waals surface area (Å²) in [6, 6.07) is 5.50. The van der Waals surface area contributed by atoms with Gasteiger partial charge in [-0.1, -0.05) is 0 Å². The second-order valence-corrected chi connectivity index (χ2v) is 7.55. The van der Waals surface area contributed by atoms with Crippen LogP contribution in [0.15, 0.2) is 30.6 Å². The van der Waals surface area contributed by atoms with E-state index in [0.717, 1.165) is 30.2 Å². The first-order valence-electron chi connectivity index (χ1n) is 10.3. The van der Waals surface area contributed by atoms with Crippen LogP contribution in [0, 0.1) is 0 Å². The van der Waals surface area contributed by atoms with Gasteiger partial charge in [-0.3, -0.25) is 4.98 Å². The first-order chi connectivity index (χ1) is 15.2. The van der Waals surface area contributed by atoms with Crippen molar-refractivity contribution >= 4 is 17.0 Å². The maximum Gasteiger partial charge on any atom is 0.407 e. The maximum absolute atomic E-state index is 14.2. The standard InChI is InChI=1S/C21H22FN5O4/c22-13-8-24-21(28)31-12-14-9-23-10-17(25-14)20-16-7-15(30-11-13)4-5-18(16)27(26-20)19-3-1-2-6-29-19/h4-5,7,9-10,13,19H,1-3,6,8,11-12H2,(H,24,28)/t13-,19?/m0/s1. The van der Waals surface area contributed by atoms with E-state index in [9.17, 15) is 9.18 Å². The lowest BCUT2D eigenvalue weighted by Gasteiger charge is -2.23. The van der Waals surface area contributed by atoms with Crippen LogP contribution < -0.4 is 10.1 Å². The Morgan fingerprint density at radius 2 is 2.13 bits per heavy atom. The van der Waals surface area contributed by atoms with E-state index in [2.05, 4.69) is 15.3 Å². The highest BCUT2D eigenvalue weighted by Crippen LogP contribution is 2.34. The molecule has 1 amide bonds. The van der Waals surface area contributed by atoms with Gasteiger partial charge in [0.15, 0.2) is 12.4 Å². The van der Waals surface area contributed by atoms with Crippen LogP contribution in [0.3, 0.4) is 0 Å². The zero-order valence-corrected chi connectivity index (χ0v) is 16.8. The average molecular weight is 427 g/mol. The van der Waals surface area contributed by atoms with Crippen molar-refractivity contribution < 1.29 is 23.4 Å². The monoisotopic (exact) mass is 427 g/mol. The number of halogens is 1. The Labute approximate surface area is 177 Å². The van der Waals surface area contributed by atoms with E-state index < -0.39 is 12.3 Å². The number of alkyl carbamates (subject to hydrolysis) is 1. The van der Waals surface area contributed by atoms with Crippen LogP contribution >= 0.6 is 0 Å². The number of fused-ring (bicyclic) bond motifs is 4. The Kier molecular flexibility index (Phi) is 5.37. The summed E-state index contributed by atoms with van der Waals surface area (Å²) in [5, 5.41) is 7.99. The maximum atomic E-state index is 14.2. The van der Waals surface area contributed by atoms with Crippen molar-refractivity contribution in [3.63, 3.8) is 0 Å². The SMILES string of the molecule is O=C1NC[C@H](F)COc2ccc3c(c2)c(nn3C2CCCCO2)-c2cncc(n2)CO1. The number of cyclic esters (lactones) is 1. The number of carbonyl (C=O) groups is 1. The van der Waals surface area contributed by atoms with Crippen molar-refractivity contribution in [3.05, 3.63) is 36.3 Å². The van der Waals surface area contributed by atoms with Gasteiger partial charge < -0.3 is 19.5 Å². The molecule has 2 aliphatic heterocycles. The number of carbonyl (C=O) groups excluding carboxylic acids is 1. The molecule has 2 aliphatic rings. The number of alkyl halides is 1. The van der Waals surface area contributed by atoms with E-state index >= 15 is 0 Å². The van der Waals surface area contributed by atoms with Crippen LogP contribution in [-0.4, -0.2) is 51.8 Å². The van der Waals surface area contributed by atoms with Crippen LogP contribution in [-0.2, 0) is 16.1 Å². The Bertz CT molecular complexity index is 1100. The molecule has 1 unspecified atom stereocenters. The summed E-state index contributed by atoms with van der Waals surface area (Å²) in [6.45, 7) is 0.189. The minimum Gasteiger partial charge on any atom is -0.490 e. The predicted octanol–water partition coefficient (Wildman–Crippen LogP) is 3.15. The van der Waals surface area contributed by atoms with E-state index in [0.29, 0.717) is 29.4 Å². The minimum absolute atomic E-state index is 0.0875. The number of hydrogen-bond donors (Lipinski definition) is 1.